The second-order valence-electron chi connectivity index (χ2n) is 5.27. The van der Waals surface area contributed by atoms with Crippen LogP contribution in [0, 0.1) is 5.82 Å². The van der Waals surface area contributed by atoms with Gasteiger partial charge in [-0.3, -0.25) is 4.79 Å². The SMILES string of the molecule is COC(=O)c1cccc(NCC(=O)NC(C)c2ccc(F)cc2)c1. The molecule has 0 bridgehead atoms. The molecular formula is C18H19FN2O3. The standard InChI is InChI=1S/C18H19FN2O3/c1-12(13-6-8-15(19)9-7-13)21-17(22)11-20-16-5-3-4-14(10-16)18(23)24-2/h3-10,12,20H,11H2,1-2H3,(H,21,22). The average molecular weight is 330 g/mol. The minimum Gasteiger partial charge on any atom is -0.465 e. The van der Waals surface area contributed by atoms with E-state index in [1.807, 2.05) is 6.92 Å². The quantitative estimate of drug-likeness (QED) is 0.799. The van der Waals surface area contributed by atoms with Crippen LogP contribution in [0.25, 0.3) is 0 Å². The molecule has 6 heteroatoms. The maximum atomic E-state index is 12.9. The van der Waals surface area contributed by atoms with Gasteiger partial charge in [-0.25, -0.2) is 9.18 Å². The van der Waals surface area contributed by atoms with Crippen molar-refractivity contribution in [2.45, 2.75) is 13.0 Å². The van der Waals surface area contributed by atoms with Crippen LogP contribution in [0.15, 0.2) is 48.5 Å². The number of halogens is 1. The van der Waals surface area contributed by atoms with Gasteiger partial charge in [0.1, 0.15) is 5.82 Å². The Hall–Kier alpha value is -2.89. The zero-order valence-electron chi connectivity index (χ0n) is 13.5. The number of rotatable bonds is 6. The Bertz CT molecular complexity index is 716. The van der Waals surface area contributed by atoms with E-state index in [2.05, 4.69) is 15.4 Å². The van der Waals surface area contributed by atoms with Gasteiger partial charge in [0.05, 0.1) is 25.3 Å². The van der Waals surface area contributed by atoms with Gasteiger partial charge in [-0.05, 0) is 42.8 Å². The van der Waals surface area contributed by atoms with Gasteiger partial charge in [-0.2, -0.15) is 0 Å². The van der Waals surface area contributed by atoms with E-state index in [1.54, 1.807) is 36.4 Å². The fourth-order valence-electron chi connectivity index (χ4n) is 2.18. The Morgan fingerprint density at radius 2 is 1.88 bits per heavy atom. The fourth-order valence-corrected chi connectivity index (χ4v) is 2.18. The zero-order valence-corrected chi connectivity index (χ0v) is 13.5. The van der Waals surface area contributed by atoms with Crippen LogP contribution in [0.5, 0.6) is 0 Å². The molecule has 2 N–H and O–H groups in total. The lowest BCUT2D eigenvalue weighted by Gasteiger charge is -2.15. The molecule has 2 aromatic rings. The molecule has 5 nitrogen and oxygen atoms in total. The maximum absolute atomic E-state index is 12.9. The molecular weight excluding hydrogens is 311 g/mol. The Morgan fingerprint density at radius 1 is 1.17 bits per heavy atom. The Labute approximate surface area is 139 Å². The molecule has 0 fully saturated rings. The van der Waals surface area contributed by atoms with Crippen molar-refractivity contribution >= 4 is 17.6 Å². The zero-order chi connectivity index (χ0) is 17.5. The molecule has 126 valence electrons. The van der Waals surface area contributed by atoms with Crippen LogP contribution >= 0.6 is 0 Å². The fraction of sp³-hybridized carbons (Fsp3) is 0.222. The summed E-state index contributed by atoms with van der Waals surface area (Å²) in [5, 5.41) is 5.77. The Kier molecular flexibility index (Phi) is 5.89. The first-order valence-corrected chi connectivity index (χ1v) is 7.46. The molecule has 0 radical (unpaired) electrons. The van der Waals surface area contributed by atoms with Crippen LogP contribution < -0.4 is 10.6 Å². The third-order valence-corrected chi connectivity index (χ3v) is 3.48. The minimum absolute atomic E-state index is 0.0517. The van der Waals surface area contributed by atoms with Gasteiger partial charge in [0, 0.05) is 5.69 Å². The third-order valence-electron chi connectivity index (χ3n) is 3.48. The van der Waals surface area contributed by atoms with Gasteiger partial charge in [0.25, 0.3) is 0 Å². The van der Waals surface area contributed by atoms with Crippen LogP contribution in [-0.4, -0.2) is 25.5 Å². The van der Waals surface area contributed by atoms with Gasteiger partial charge < -0.3 is 15.4 Å². The number of benzene rings is 2. The normalized spacial score (nSPS) is 11.5. The van der Waals surface area contributed by atoms with Crippen molar-refractivity contribution < 1.29 is 18.7 Å². The van der Waals surface area contributed by atoms with E-state index in [4.69, 9.17) is 0 Å². The van der Waals surface area contributed by atoms with Gasteiger partial charge >= 0.3 is 5.97 Å². The highest BCUT2D eigenvalue weighted by Crippen LogP contribution is 2.13. The van der Waals surface area contributed by atoms with Crippen LogP contribution in [0.2, 0.25) is 0 Å². The number of carbonyl (C=O) groups is 2. The summed E-state index contributed by atoms with van der Waals surface area (Å²) >= 11 is 0. The molecule has 0 aliphatic rings. The van der Waals surface area contributed by atoms with Crippen molar-refractivity contribution in [3.05, 3.63) is 65.5 Å². The van der Waals surface area contributed by atoms with E-state index < -0.39 is 5.97 Å². The number of anilines is 1. The lowest BCUT2D eigenvalue weighted by Crippen LogP contribution is -2.32. The van der Waals surface area contributed by atoms with Crippen molar-refractivity contribution in [1.29, 1.82) is 0 Å². The van der Waals surface area contributed by atoms with Gasteiger partial charge in [0.2, 0.25) is 5.91 Å². The number of hydrogen-bond acceptors (Lipinski definition) is 4. The first kappa shape index (κ1) is 17.5. The second-order valence-corrected chi connectivity index (χ2v) is 5.27. The molecule has 24 heavy (non-hydrogen) atoms. The highest BCUT2D eigenvalue weighted by molar-refractivity contribution is 5.90. The molecule has 0 aliphatic heterocycles. The number of carbonyl (C=O) groups excluding carboxylic acids is 2. The molecule has 1 amide bonds. The number of amides is 1. The number of ether oxygens (including phenoxy) is 1. The van der Waals surface area contributed by atoms with Crippen molar-refractivity contribution in [2.24, 2.45) is 0 Å². The average Bonchev–Trinajstić information content (AvgIpc) is 2.60. The third kappa shape index (κ3) is 4.81. The van der Waals surface area contributed by atoms with Gasteiger partial charge in [-0.1, -0.05) is 18.2 Å². The molecule has 2 aromatic carbocycles. The number of esters is 1. The highest BCUT2D eigenvalue weighted by Gasteiger charge is 2.10. The summed E-state index contributed by atoms with van der Waals surface area (Å²) in [6.07, 6.45) is 0. The van der Waals surface area contributed by atoms with Gasteiger partial charge in [-0.15, -0.1) is 0 Å². The van der Waals surface area contributed by atoms with E-state index in [-0.39, 0.29) is 24.3 Å². The second kappa shape index (κ2) is 8.10. The van der Waals surface area contributed by atoms with Gasteiger partial charge in [0.15, 0.2) is 0 Å². The maximum Gasteiger partial charge on any atom is 0.337 e. The van der Waals surface area contributed by atoms with Crippen LogP contribution in [0.1, 0.15) is 28.9 Å². The lowest BCUT2D eigenvalue weighted by atomic mass is 10.1. The first-order chi connectivity index (χ1) is 11.5. The van der Waals surface area contributed by atoms with Crippen molar-refractivity contribution in [3.63, 3.8) is 0 Å². The topological polar surface area (TPSA) is 67.4 Å². The summed E-state index contributed by atoms with van der Waals surface area (Å²) in [6.45, 7) is 1.87. The molecule has 0 aromatic heterocycles. The largest absolute Gasteiger partial charge is 0.465 e. The molecule has 1 atom stereocenters. The molecule has 0 saturated carbocycles. The minimum atomic E-state index is -0.437. The van der Waals surface area contributed by atoms with Crippen molar-refractivity contribution in [1.82, 2.24) is 5.32 Å². The van der Waals surface area contributed by atoms with E-state index in [0.717, 1.165) is 5.56 Å². The predicted octanol–water partition coefficient (Wildman–Crippen LogP) is 2.90. The molecule has 2 rings (SSSR count). The number of hydrogen-bond donors (Lipinski definition) is 2. The summed E-state index contributed by atoms with van der Waals surface area (Å²) in [4.78, 5) is 23.5. The van der Waals surface area contributed by atoms with Crippen LogP contribution in [-0.2, 0) is 9.53 Å². The first-order valence-electron chi connectivity index (χ1n) is 7.46. The smallest absolute Gasteiger partial charge is 0.337 e. The van der Waals surface area contributed by atoms with Crippen LogP contribution in [0.3, 0.4) is 0 Å². The van der Waals surface area contributed by atoms with Crippen molar-refractivity contribution in [2.75, 3.05) is 19.0 Å². The molecule has 0 spiro atoms. The monoisotopic (exact) mass is 330 g/mol. The summed E-state index contributed by atoms with van der Waals surface area (Å²) < 4.78 is 17.6. The molecule has 1 unspecified atom stereocenters. The van der Waals surface area contributed by atoms with E-state index in [9.17, 15) is 14.0 Å². The Morgan fingerprint density at radius 3 is 2.54 bits per heavy atom. The Balaban J connectivity index is 1.89. The number of nitrogens with one attached hydrogen (secondary N) is 2. The molecule has 0 heterocycles. The lowest BCUT2D eigenvalue weighted by molar-refractivity contribution is -0.120. The molecule has 0 aliphatic carbocycles. The van der Waals surface area contributed by atoms with E-state index in [1.165, 1.54) is 19.2 Å². The highest BCUT2D eigenvalue weighted by atomic mass is 19.1. The van der Waals surface area contributed by atoms with E-state index in [0.29, 0.717) is 11.3 Å². The van der Waals surface area contributed by atoms with Crippen molar-refractivity contribution in [3.8, 4) is 0 Å². The predicted molar refractivity (Wildman–Crippen MR) is 89.2 cm³/mol. The summed E-state index contributed by atoms with van der Waals surface area (Å²) in [5.74, 6) is -0.965. The van der Waals surface area contributed by atoms with E-state index >= 15 is 0 Å². The summed E-state index contributed by atoms with van der Waals surface area (Å²) in [5.41, 5.74) is 1.86. The summed E-state index contributed by atoms with van der Waals surface area (Å²) in [6, 6.07) is 12.4. The van der Waals surface area contributed by atoms with Crippen LogP contribution in [0.4, 0.5) is 10.1 Å². The number of methoxy groups -OCH3 is 1. The summed E-state index contributed by atoms with van der Waals surface area (Å²) in [7, 11) is 1.31. The molecule has 0 saturated heterocycles.